The Morgan fingerprint density at radius 1 is 1.33 bits per heavy atom. The highest BCUT2D eigenvalue weighted by Gasteiger charge is 2.09. The van der Waals surface area contributed by atoms with Crippen molar-refractivity contribution in [2.24, 2.45) is 0 Å². The third kappa shape index (κ3) is 4.75. The predicted molar refractivity (Wildman–Crippen MR) is 72.6 cm³/mol. The molecule has 4 heteroatoms. The maximum absolute atomic E-state index is 11.3. The minimum atomic E-state index is -0.204. The summed E-state index contributed by atoms with van der Waals surface area (Å²) in [6, 6.07) is 7.69. The van der Waals surface area contributed by atoms with Crippen molar-refractivity contribution < 1.29 is 9.53 Å². The van der Waals surface area contributed by atoms with Crippen LogP contribution >= 0.6 is 0 Å². The number of hydrogen-bond acceptors (Lipinski definition) is 3. The van der Waals surface area contributed by atoms with E-state index in [1.165, 1.54) is 0 Å². The SMILES string of the molecule is CNC(=O)C(C)NCc1cccc(OC(C)C)c1. The molecule has 0 heterocycles. The van der Waals surface area contributed by atoms with E-state index in [1.54, 1.807) is 7.05 Å². The molecular formula is C14H22N2O2. The van der Waals surface area contributed by atoms with E-state index in [0.29, 0.717) is 6.54 Å². The van der Waals surface area contributed by atoms with Gasteiger partial charge < -0.3 is 15.4 Å². The average Bonchev–Trinajstić information content (AvgIpc) is 2.34. The van der Waals surface area contributed by atoms with Gasteiger partial charge in [0.1, 0.15) is 5.75 Å². The van der Waals surface area contributed by atoms with Crippen LogP contribution in [0.25, 0.3) is 0 Å². The highest BCUT2D eigenvalue weighted by atomic mass is 16.5. The zero-order valence-corrected chi connectivity index (χ0v) is 11.5. The molecule has 18 heavy (non-hydrogen) atoms. The number of hydrogen-bond donors (Lipinski definition) is 2. The summed E-state index contributed by atoms with van der Waals surface area (Å²) in [5.74, 6) is 0.849. The van der Waals surface area contributed by atoms with Crippen molar-refractivity contribution in [3.8, 4) is 5.75 Å². The molecule has 0 spiro atoms. The molecule has 4 nitrogen and oxygen atoms in total. The summed E-state index contributed by atoms with van der Waals surface area (Å²) >= 11 is 0. The molecule has 1 aromatic rings. The zero-order valence-electron chi connectivity index (χ0n) is 11.5. The predicted octanol–water partition coefficient (Wildman–Crippen LogP) is 1.70. The zero-order chi connectivity index (χ0) is 13.5. The monoisotopic (exact) mass is 250 g/mol. The smallest absolute Gasteiger partial charge is 0.236 e. The number of carbonyl (C=O) groups is 1. The van der Waals surface area contributed by atoms with Crippen LogP contribution < -0.4 is 15.4 Å². The molecule has 0 aliphatic carbocycles. The molecule has 0 aliphatic rings. The molecule has 100 valence electrons. The summed E-state index contributed by atoms with van der Waals surface area (Å²) in [6.07, 6.45) is 0.165. The molecule has 1 rings (SSSR count). The Bertz CT molecular complexity index is 391. The van der Waals surface area contributed by atoms with E-state index in [-0.39, 0.29) is 18.1 Å². The first-order valence-corrected chi connectivity index (χ1v) is 6.23. The van der Waals surface area contributed by atoms with Gasteiger partial charge in [-0.15, -0.1) is 0 Å². The van der Waals surface area contributed by atoms with Crippen LogP contribution in [0.2, 0.25) is 0 Å². The summed E-state index contributed by atoms with van der Waals surface area (Å²) in [7, 11) is 1.64. The Hall–Kier alpha value is -1.55. The van der Waals surface area contributed by atoms with Crippen LogP contribution in [-0.2, 0) is 11.3 Å². The molecular weight excluding hydrogens is 228 g/mol. The minimum Gasteiger partial charge on any atom is -0.491 e. The van der Waals surface area contributed by atoms with E-state index in [2.05, 4.69) is 10.6 Å². The number of benzene rings is 1. The first-order chi connectivity index (χ1) is 8.52. The van der Waals surface area contributed by atoms with Crippen LogP contribution in [0.4, 0.5) is 0 Å². The second-order valence-electron chi connectivity index (χ2n) is 4.53. The first kappa shape index (κ1) is 14.5. The number of likely N-dealkylation sites (N-methyl/N-ethyl adjacent to an activating group) is 1. The van der Waals surface area contributed by atoms with Gasteiger partial charge in [-0.05, 0) is 38.5 Å². The fourth-order valence-electron chi connectivity index (χ4n) is 1.58. The molecule has 1 aromatic carbocycles. The standard InChI is InChI=1S/C14H22N2O2/c1-10(2)18-13-7-5-6-12(8-13)9-16-11(3)14(17)15-4/h5-8,10-11,16H,9H2,1-4H3,(H,15,17). The number of amides is 1. The van der Waals surface area contributed by atoms with Crippen molar-refractivity contribution >= 4 is 5.91 Å². The largest absolute Gasteiger partial charge is 0.491 e. The van der Waals surface area contributed by atoms with E-state index >= 15 is 0 Å². The fraction of sp³-hybridized carbons (Fsp3) is 0.500. The van der Waals surface area contributed by atoms with Crippen LogP contribution in [0.1, 0.15) is 26.3 Å². The number of ether oxygens (including phenoxy) is 1. The van der Waals surface area contributed by atoms with Gasteiger partial charge in [0.25, 0.3) is 0 Å². The maximum Gasteiger partial charge on any atom is 0.236 e. The third-order valence-corrected chi connectivity index (χ3v) is 2.52. The van der Waals surface area contributed by atoms with Gasteiger partial charge in [-0.2, -0.15) is 0 Å². The highest BCUT2D eigenvalue weighted by molar-refractivity contribution is 5.80. The fourth-order valence-corrected chi connectivity index (χ4v) is 1.58. The molecule has 0 fully saturated rings. The van der Waals surface area contributed by atoms with Crippen LogP contribution in [0.15, 0.2) is 24.3 Å². The lowest BCUT2D eigenvalue weighted by molar-refractivity contribution is -0.122. The normalized spacial score (nSPS) is 12.3. The van der Waals surface area contributed by atoms with E-state index in [1.807, 2.05) is 45.0 Å². The van der Waals surface area contributed by atoms with Crippen molar-refractivity contribution in [2.45, 2.75) is 39.5 Å². The van der Waals surface area contributed by atoms with Gasteiger partial charge in [0.05, 0.1) is 12.1 Å². The molecule has 0 aromatic heterocycles. The molecule has 0 aliphatic heterocycles. The second-order valence-corrected chi connectivity index (χ2v) is 4.53. The van der Waals surface area contributed by atoms with Gasteiger partial charge in [0.2, 0.25) is 5.91 Å². The summed E-state index contributed by atoms with van der Waals surface area (Å²) in [5, 5.41) is 5.77. The average molecular weight is 250 g/mol. The van der Waals surface area contributed by atoms with E-state index in [4.69, 9.17) is 4.74 Å². The van der Waals surface area contributed by atoms with Crippen LogP contribution in [0.5, 0.6) is 5.75 Å². The van der Waals surface area contributed by atoms with Gasteiger partial charge in [0, 0.05) is 13.6 Å². The molecule has 0 radical (unpaired) electrons. The summed E-state index contributed by atoms with van der Waals surface area (Å²) < 4.78 is 5.62. The topological polar surface area (TPSA) is 50.4 Å². The quantitative estimate of drug-likeness (QED) is 0.808. The van der Waals surface area contributed by atoms with Crippen molar-refractivity contribution in [3.05, 3.63) is 29.8 Å². The van der Waals surface area contributed by atoms with Gasteiger partial charge >= 0.3 is 0 Å². The lowest BCUT2D eigenvalue weighted by Gasteiger charge is -2.14. The Morgan fingerprint density at radius 3 is 2.67 bits per heavy atom. The minimum absolute atomic E-state index is 0.00964. The van der Waals surface area contributed by atoms with Crippen molar-refractivity contribution in [1.82, 2.24) is 10.6 Å². The summed E-state index contributed by atoms with van der Waals surface area (Å²) in [4.78, 5) is 11.3. The molecule has 1 unspecified atom stereocenters. The molecule has 2 N–H and O–H groups in total. The summed E-state index contributed by atoms with van der Waals surface area (Å²) in [6.45, 7) is 6.48. The Kier molecular flexibility index (Phi) is 5.65. The molecule has 0 saturated carbocycles. The Labute approximate surface area is 109 Å². The molecule has 0 bridgehead atoms. The Balaban J connectivity index is 2.54. The van der Waals surface area contributed by atoms with E-state index < -0.39 is 0 Å². The lowest BCUT2D eigenvalue weighted by atomic mass is 10.2. The van der Waals surface area contributed by atoms with Gasteiger partial charge in [-0.25, -0.2) is 0 Å². The Morgan fingerprint density at radius 2 is 2.06 bits per heavy atom. The molecule has 1 amide bonds. The molecule has 0 saturated heterocycles. The van der Waals surface area contributed by atoms with E-state index in [0.717, 1.165) is 11.3 Å². The summed E-state index contributed by atoms with van der Waals surface area (Å²) in [5.41, 5.74) is 1.10. The lowest BCUT2D eigenvalue weighted by Crippen LogP contribution is -2.40. The van der Waals surface area contributed by atoms with Crippen molar-refractivity contribution in [2.75, 3.05) is 7.05 Å². The number of nitrogens with one attached hydrogen (secondary N) is 2. The van der Waals surface area contributed by atoms with Crippen LogP contribution in [0.3, 0.4) is 0 Å². The van der Waals surface area contributed by atoms with E-state index in [9.17, 15) is 4.79 Å². The van der Waals surface area contributed by atoms with Gasteiger partial charge in [0.15, 0.2) is 0 Å². The maximum atomic E-state index is 11.3. The molecule has 1 atom stereocenters. The van der Waals surface area contributed by atoms with Crippen LogP contribution in [0, 0.1) is 0 Å². The second kappa shape index (κ2) is 7.01. The van der Waals surface area contributed by atoms with Crippen molar-refractivity contribution in [1.29, 1.82) is 0 Å². The van der Waals surface area contributed by atoms with Gasteiger partial charge in [-0.3, -0.25) is 4.79 Å². The van der Waals surface area contributed by atoms with Gasteiger partial charge in [-0.1, -0.05) is 12.1 Å². The number of rotatable bonds is 6. The first-order valence-electron chi connectivity index (χ1n) is 6.23. The van der Waals surface area contributed by atoms with Crippen LogP contribution in [-0.4, -0.2) is 25.1 Å². The highest BCUT2D eigenvalue weighted by Crippen LogP contribution is 2.14. The third-order valence-electron chi connectivity index (χ3n) is 2.52. The number of carbonyl (C=O) groups excluding carboxylic acids is 1. The van der Waals surface area contributed by atoms with Crippen molar-refractivity contribution in [3.63, 3.8) is 0 Å².